The Morgan fingerprint density at radius 2 is 0.941 bits per heavy atom. The summed E-state index contributed by atoms with van der Waals surface area (Å²) in [5.74, 6) is 0.894. The molecule has 0 saturated heterocycles. The first kappa shape index (κ1) is 32.6. The number of pyridine rings is 2. The van der Waals surface area contributed by atoms with Crippen LogP contribution in [0.25, 0.3) is 54.6 Å². The standard InChI is InChI=1S/C21H14ClN3.C15H9BrN2.C6H6ClN/c22-17-10-4-5-11-18(17)24-20-13-23-21-16-9-2-1-7-14(16)15-8-3-6-12-19(15)25(20)21;16-14-9-17-15-12-7-2-1-5-10(12)11-6-3-4-8-13(11)18(14)15;7-5-3-1-2-4-6(5)8/h1-13,24H;1-9H;1-4H,8H2. The highest BCUT2D eigenvalue weighted by Crippen LogP contribution is 2.34. The minimum absolute atomic E-state index is 0.618. The van der Waals surface area contributed by atoms with E-state index in [4.69, 9.17) is 28.9 Å². The van der Waals surface area contributed by atoms with Gasteiger partial charge in [-0.1, -0.05) is 132 Å². The molecule has 6 aromatic carbocycles. The van der Waals surface area contributed by atoms with E-state index in [9.17, 15) is 0 Å². The van der Waals surface area contributed by atoms with Crippen molar-refractivity contribution in [2.45, 2.75) is 0 Å². The normalized spacial score (nSPS) is 11.1. The number of para-hydroxylation sites is 4. The topological polar surface area (TPSA) is 72.6 Å². The number of hydrogen-bond acceptors (Lipinski definition) is 4. The summed E-state index contributed by atoms with van der Waals surface area (Å²) in [5.41, 5.74) is 11.1. The molecule has 0 bridgehead atoms. The van der Waals surface area contributed by atoms with Crippen LogP contribution in [0.3, 0.4) is 0 Å². The highest BCUT2D eigenvalue weighted by atomic mass is 79.9. The molecule has 4 aromatic heterocycles. The summed E-state index contributed by atoms with van der Waals surface area (Å²) in [6.45, 7) is 0. The van der Waals surface area contributed by atoms with Crippen LogP contribution in [0.2, 0.25) is 10.0 Å². The van der Waals surface area contributed by atoms with Gasteiger partial charge >= 0.3 is 0 Å². The van der Waals surface area contributed by atoms with Crippen LogP contribution in [-0.4, -0.2) is 18.8 Å². The largest absolute Gasteiger partial charge is 0.398 e. The van der Waals surface area contributed by atoms with Gasteiger partial charge in [0, 0.05) is 21.5 Å². The zero-order chi connectivity index (χ0) is 34.9. The summed E-state index contributed by atoms with van der Waals surface area (Å²) in [4.78, 5) is 9.19. The molecule has 0 aliphatic heterocycles. The molecule has 0 aliphatic rings. The Bertz CT molecular complexity index is 2840. The molecule has 248 valence electrons. The molecule has 6 nitrogen and oxygen atoms in total. The number of benzene rings is 6. The van der Waals surface area contributed by atoms with Crippen molar-refractivity contribution in [1.82, 2.24) is 18.8 Å². The van der Waals surface area contributed by atoms with Crippen molar-refractivity contribution in [2.75, 3.05) is 11.1 Å². The second kappa shape index (κ2) is 14.0. The highest BCUT2D eigenvalue weighted by molar-refractivity contribution is 9.10. The van der Waals surface area contributed by atoms with Gasteiger partial charge in [-0.25, -0.2) is 9.97 Å². The molecule has 0 radical (unpaired) electrons. The minimum Gasteiger partial charge on any atom is -0.398 e. The number of halogens is 3. The van der Waals surface area contributed by atoms with Crippen LogP contribution < -0.4 is 11.1 Å². The van der Waals surface area contributed by atoms with Crippen LogP contribution in [-0.2, 0) is 0 Å². The number of nitrogens with two attached hydrogens (primary N) is 1. The molecule has 0 unspecified atom stereocenters. The van der Waals surface area contributed by atoms with Crippen LogP contribution in [0.1, 0.15) is 0 Å². The van der Waals surface area contributed by atoms with Gasteiger partial charge < -0.3 is 11.1 Å². The molecule has 4 heterocycles. The third kappa shape index (κ3) is 6.10. The van der Waals surface area contributed by atoms with Gasteiger partial charge in [0.2, 0.25) is 0 Å². The Morgan fingerprint density at radius 1 is 0.490 bits per heavy atom. The van der Waals surface area contributed by atoms with E-state index in [0.29, 0.717) is 15.7 Å². The first-order chi connectivity index (χ1) is 25.0. The van der Waals surface area contributed by atoms with Crippen LogP contribution in [0.4, 0.5) is 17.2 Å². The molecule has 0 atom stereocenters. The van der Waals surface area contributed by atoms with Crippen molar-refractivity contribution in [3.05, 3.63) is 173 Å². The van der Waals surface area contributed by atoms with Gasteiger partial charge in [0.25, 0.3) is 0 Å². The minimum atomic E-state index is 0.618. The lowest BCUT2D eigenvalue weighted by molar-refractivity contribution is 1.23. The summed E-state index contributed by atoms with van der Waals surface area (Å²) in [6, 6.07) is 48.5. The zero-order valence-corrected chi connectivity index (χ0v) is 30.1. The Balaban J connectivity index is 0.000000125. The summed E-state index contributed by atoms with van der Waals surface area (Å²) >= 11 is 15.5. The number of aromatic nitrogens is 4. The van der Waals surface area contributed by atoms with Crippen LogP contribution in [0, 0.1) is 0 Å². The van der Waals surface area contributed by atoms with E-state index in [2.05, 4.69) is 131 Å². The van der Waals surface area contributed by atoms with E-state index >= 15 is 0 Å². The summed E-state index contributed by atoms with van der Waals surface area (Å²) < 4.78 is 5.29. The van der Waals surface area contributed by atoms with Crippen LogP contribution >= 0.6 is 39.1 Å². The maximum atomic E-state index is 6.31. The monoisotopic (exact) mass is 766 g/mol. The lowest BCUT2D eigenvalue weighted by Gasteiger charge is -2.12. The number of nitrogen functional groups attached to an aromatic ring is 1. The molecule has 0 aliphatic carbocycles. The number of hydrogen-bond donors (Lipinski definition) is 2. The first-order valence-electron chi connectivity index (χ1n) is 16.2. The van der Waals surface area contributed by atoms with E-state index in [1.807, 2.05) is 54.9 Å². The van der Waals surface area contributed by atoms with Crippen molar-refractivity contribution >= 4 is 111 Å². The predicted octanol–water partition coefficient (Wildman–Crippen LogP) is 12.4. The van der Waals surface area contributed by atoms with Gasteiger partial charge in [-0.15, -0.1) is 0 Å². The van der Waals surface area contributed by atoms with Crippen molar-refractivity contribution in [3.8, 4) is 0 Å². The Labute approximate surface area is 311 Å². The molecule has 10 rings (SSSR count). The lowest BCUT2D eigenvalue weighted by atomic mass is 10.1. The molecule has 0 fully saturated rings. The fourth-order valence-corrected chi connectivity index (χ4v) is 7.20. The SMILES string of the molecule is Brc1cnc2c3ccccc3c3ccccc3n12.Clc1ccccc1Nc1cnc2c3ccccc3c3ccccc3n12.Nc1ccccc1Cl. The second-order valence-electron chi connectivity index (χ2n) is 11.8. The van der Waals surface area contributed by atoms with Gasteiger partial charge in [0.1, 0.15) is 21.7 Å². The molecular weight excluding hydrogens is 739 g/mol. The molecule has 9 heteroatoms. The first-order valence-corrected chi connectivity index (χ1v) is 17.8. The molecule has 51 heavy (non-hydrogen) atoms. The number of nitrogens with one attached hydrogen (secondary N) is 1. The lowest BCUT2D eigenvalue weighted by Crippen LogP contribution is -1.98. The van der Waals surface area contributed by atoms with Gasteiger partial charge in [-0.3, -0.25) is 8.80 Å². The van der Waals surface area contributed by atoms with Crippen LogP contribution in [0.15, 0.2) is 163 Å². The number of fused-ring (bicyclic) bond motifs is 12. The highest BCUT2D eigenvalue weighted by Gasteiger charge is 2.14. The summed E-state index contributed by atoms with van der Waals surface area (Å²) in [6.07, 6.45) is 3.71. The maximum absolute atomic E-state index is 6.31. The quantitative estimate of drug-likeness (QED) is 0.136. The molecule has 0 saturated carbocycles. The maximum Gasteiger partial charge on any atom is 0.146 e. The van der Waals surface area contributed by atoms with Crippen LogP contribution in [0.5, 0.6) is 0 Å². The zero-order valence-electron chi connectivity index (χ0n) is 27.0. The van der Waals surface area contributed by atoms with E-state index in [1.165, 1.54) is 32.4 Å². The molecule has 3 N–H and O–H groups in total. The fourth-order valence-electron chi connectivity index (χ4n) is 6.42. The van der Waals surface area contributed by atoms with E-state index in [1.54, 1.807) is 12.1 Å². The van der Waals surface area contributed by atoms with Gasteiger partial charge in [0.05, 0.1) is 44.8 Å². The van der Waals surface area contributed by atoms with Gasteiger partial charge in [-0.2, -0.15) is 0 Å². The van der Waals surface area contributed by atoms with Gasteiger partial charge in [-0.05, 0) is 63.1 Å². The molecule has 0 spiro atoms. The van der Waals surface area contributed by atoms with E-state index < -0.39 is 0 Å². The molecule has 0 amide bonds. The molecule has 10 aromatic rings. The third-order valence-corrected chi connectivity index (χ3v) is 9.96. The summed E-state index contributed by atoms with van der Waals surface area (Å²) in [7, 11) is 0. The van der Waals surface area contributed by atoms with Crippen molar-refractivity contribution in [1.29, 1.82) is 0 Å². The average Bonchev–Trinajstić information content (AvgIpc) is 3.79. The Hall–Kier alpha value is -5.60. The van der Waals surface area contributed by atoms with Crippen molar-refractivity contribution in [2.24, 2.45) is 0 Å². The Morgan fingerprint density at radius 3 is 1.51 bits per heavy atom. The smallest absolute Gasteiger partial charge is 0.146 e. The van der Waals surface area contributed by atoms with E-state index in [0.717, 1.165) is 38.3 Å². The fraction of sp³-hybridized carbons (Fsp3) is 0. The molecular formula is C42H29BrCl2N6. The Kier molecular flexibility index (Phi) is 8.92. The number of rotatable bonds is 2. The number of nitrogens with zero attached hydrogens (tertiary/aromatic N) is 4. The summed E-state index contributed by atoms with van der Waals surface area (Å²) in [5, 5.41) is 11.9. The number of imidazole rings is 2. The third-order valence-electron chi connectivity index (χ3n) is 8.73. The average molecular weight is 769 g/mol. The van der Waals surface area contributed by atoms with Crippen molar-refractivity contribution in [3.63, 3.8) is 0 Å². The van der Waals surface area contributed by atoms with E-state index in [-0.39, 0.29) is 0 Å². The predicted molar refractivity (Wildman–Crippen MR) is 219 cm³/mol. The second-order valence-corrected chi connectivity index (χ2v) is 13.4. The van der Waals surface area contributed by atoms with Gasteiger partial charge in [0.15, 0.2) is 0 Å². The van der Waals surface area contributed by atoms with Crippen molar-refractivity contribution < 1.29 is 0 Å². The number of anilines is 3.